The Bertz CT molecular complexity index is 1270. The van der Waals surface area contributed by atoms with Crippen molar-refractivity contribution in [1.82, 2.24) is 9.97 Å². The summed E-state index contributed by atoms with van der Waals surface area (Å²) >= 11 is 6.33. The molecular weight excluding hydrogens is 440 g/mol. The van der Waals surface area contributed by atoms with Gasteiger partial charge in [0, 0.05) is 47.3 Å². The second-order valence-corrected chi connectivity index (χ2v) is 9.53. The number of benzene rings is 1. The van der Waals surface area contributed by atoms with E-state index in [-0.39, 0.29) is 0 Å². The van der Waals surface area contributed by atoms with Gasteiger partial charge in [0.2, 0.25) is 0 Å². The third-order valence-corrected chi connectivity index (χ3v) is 7.23. The van der Waals surface area contributed by atoms with Crippen molar-refractivity contribution in [1.29, 1.82) is 0 Å². The number of hydrogen-bond acceptors (Lipinski definition) is 4. The molecule has 0 radical (unpaired) electrons. The Kier molecular flexibility index (Phi) is 7.35. The summed E-state index contributed by atoms with van der Waals surface area (Å²) in [4.78, 5) is 16.9. The van der Waals surface area contributed by atoms with E-state index in [0.29, 0.717) is 5.92 Å². The molecule has 0 spiro atoms. The number of anilines is 1. The summed E-state index contributed by atoms with van der Waals surface area (Å²) in [6, 6.07) is 16.3. The standard InChI is InChI=1S/C29H31ClN4/c30-26-14-2-1-8-22(26)9-5-11-24-12-6-13-25-27(33-24)16-19-32-29(25)23-10-7-20-34(21-17-23)28-15-3-4-18-31-28/h1-4,8,12-16,18-19,23H,5-7,9-11,17,20-21H2. The van der Waals surface area contributed by atoms with Crippen LogP contribution in [0.2, 0.25) is 5.02 Å². The summed E-state index contributed by atoms with van der Waals surface area (Å²) in [5, 5.41) is 3.15. The highest BCUT2D eigenvalue weighted by Gasteiger charge is 2.21. The first-order valence-electron chi connectivity index (χ1n) is 12.4. The molecule has 2 aliphatic heterocycles. The van der Waals surface area contributed by atoms with E-state index in [2.05, 4.69) is 52.4 Å². The lowest BCUT2D eigenvalue weighted by atomic mass is 9.94. The van der Waals surface area contributed by atoms with Crippen molar-refractivity contribution in [3.63, 3.8) is 0 Å². The molecule has 1 aromatic carbocycles. The van der Waals surface area contributed by atoms with Crippen LogP contribution < -0.4 is 15.5 Å². The minimum Gasteiger partial charge on any atom is -0.357 e. The van der Waals surface area contributed by atoms with Crippen LogP contribution in [0.1, 0.15) is 55.7 Å². The third-order valence-electron chi connectivity index (χ3n) is 6.86. The number of aryl methyl sites for hydroxylation is 1. The lowest BCUT2D eigenvalue weighted by Gasteiger charge is -2.21. The van der Waals surface area contributed by atoms with Gasteiger partial charge < -0.3 is 4.90 Å². The van der Waals surface area contributed by atoms with Crippen LogP contribution in [0.25, 0.3) is 6.08 Å². The summed E-state index contributed by atoms with van der Waals surface area (Å²) < 4.78 is 0. The van der Waals surface area contributed by atoms with E-state index in [0.717, 1.165) is 74.2 Å². The van der Waals surface area contributed by atoms with Crippen molar-refractivity contribution < 1.29 is 0 Å². The van der Waals surface area contributed by atoms with Gasteiger partial charge >= 0.3 is 0 Å². The van der Waals surface area contributed by atoms with E-state index >= 15 is 0 Å². The normalized spacial score (nSPS) is 18.1. The molecule has 0 bridgehead atoms. The van der Waals surface area contributed by atoms with E-state index in [4.69, 9.17) is 21.6 Å². The van der Waals surface area contributed by atoms with Crippen LogP contribution in [-0.4, -0.2) is 23.1 Å². The molecular formula is C29H31ClN4. The Hall–Kier alpha value is -2.98. The first kappa shape index (κ1) is 22.8. The molecule has 5 rings (SSSR count). The highest BCUT2D eigenvalue weighted by molar-refractivity contribution is 6.31. The molecule has 1 atom stereocenters. The molecule has 34 heavy (non-hydrogen) atoms. The van der Waals surface area contributed by atoms with Crippen LogP contribution in [0, 0.1) is 0 Å². The first-order chi connectivity index (χ1) is 16.8. The van der Waals surface area contributed by atoms with Gasteiger partial charge in [-0.3, -0.25) is 9.98 Å². The fourth-order valence-electron chi connectivity index (χ4n) is 5.08. The van der Waals surface area contributed by atoms with E-state index in [1.807, 2.05) is 30.6 Å². The van der Waals surface area contributed by atoms with Gasteiger partial charge in [-0.2, -0.15) is 0 Å². The predicted octanol–water partition coefficient (Wildman–Crippen LogP) is 5.61. The smallest absolute Gasteiger partial charge is 0.128 e. The van der Waals surface area contributed by atoms with Gasteiger partial charge in [-0.15, -0.1) is 0 Å². The van der Waals surface area contributed by atoms with Crippen LogP contribution in [-0.2, 0) is 6.42 Å². The molecule has 174 valence electrons. The van der Waals surface area contributed by atoms with E-state index in [1.165, 1.54) is 22.2 Å². The number of fused-ring (bicyclic) bond motifs is 1. The zero-order valence-electron chi connectivity index (χ0n) is 19.5. The van der Waals surface area contributed by atoms with Gasteiger partial charge in [-0.1, -0.05) is 48.0 Å². The highest BCUT2D eigenvalue weighted by atomic mass is 35.5. The molecule has 2 aromatic heterocycles. The second-order valence-electron chi connectivity index (χ2n) is 9.12. The van der Waals surface area contributed by atoms with Crippen molar-refractivity contribution in [2.24, 2.45) is 4.99 Å². The van der Waals surface area contributed by atoms with Crippen LogP contribution in [0.5, 0.6) is 0 Å². The minimum atomic E-state index is 0.455. The van der Waals surface area contributed by atoms with Gasteiger partial charge in [0.05, 0.1) is 11.1 Å². The monoisotopic (exact) mass is 470 g/mol. The summed E-state index contributed by atoms with van der Waals surface area (Å²) in [5.41, 5.74) is 3.60. The van der Waals surface area contributed by atoms with E-state index < -0.39 is 0 Å². The maximum Gasteiger partial charge on any atom is 0.128 e. The SMILES string of the molecule is Clc1ccccc1CCCC1=CCC=c2c(C3CCCN(c4ccccn4)CC3)nccc2=N1. The molecule has 3 aromatic rings. The molecule has 5 heteroatoms. The van der Waals surface area contributed by atoms with Crippen LogP contribution in [0.3, 0.4) is 0 Å². The summed E-state index contributed by atoms with van der Waals surface area (Å²) in [7, 11) is 0. The van der Waals surface area contributed by atoms with Crippen LogP contribution >= 0.6 is 11.6 Å². The van der Waals surface area contributed by atoms with Gasteiger partial charge in [0.1, 0.15) is 5.82 Å². The van der Waals surface area contributed by atoms with Crippen molar-refractivity contribution >= 4 is 23.5 Å². The Labute approximate surface area is 206 Å². The fraction of sp³-hybridized carbons (Fsp3) is 0.345. The average Bonchev–Trinajstić information content (AvgIpc) is 3.24. The molecule has 0 amide bonds. The van der Waals surface area contributed by atoms with Crippen molar-refractivity contribution in [2.75, 3.05) is 18.0 Å². The zero-order chi connectivity index (χ0) is 23.2. The molecule has 0 aliphatic carbocycles. The Morgan fingerprint density at radius 1 is 0.882 bits per heavy atom. The average molecular weight is 471 g/mol. The molecule has 0 saturated carbocycles. The van der Waals surface area contributed by atoms with Gasteiger partial charge in [0.15, 0.2) is 0 Å². The molecule has 2 aliphatic rings. The lowest BCUT2D eigenvalue weighted by Crippen LogP contribution is -2.32. The molecule has 0 N–H and O–H groups in total. The van der Waals surface area contributed by atoms with E-state index in [9.17, 15) is 0 Å². The third kappa shape index (κ3) is 5.39. The summed E-state index contributed by atoms with van der Waals surface area (Å²) in [6.45, 7) is 2.06. The van der Waals surface area contributed by atoms with Gasteiger partial charge in [-0.05, 0) is 74.8 Å². The molecule has 4 heterocycles. The molecule has 1 unspecified atom stereocenters. The quantitative estimate of drug-likeness (QED) is 0.469. The zero-order valence-corrected chi connectivity index (χ0v) is 20.3. The maximum absolute atomic E-state index is 6.33. The Morgan fingerprint density at radius 2 is 1.79 bits per heavy atom. The number of halogens is 1. The van der Waals surface area contributed by atoms with Crippen molar-refractivity contribution in [3.8, 4) is 0 Å². The van der Waals surface area contributed by atoms with Crippen molar-refractivity contribution in [2.45, 2.75) is 50.9 Å². The van der Waals surface area contributed by atoms with Gasteiger partial charge in [-0.25, -0.2) is 4.98 Å². The van der Waals surface area contributed by atoms with Crippen LogP contribution in [0.15, 0.2) is 77.7 Å². The Morgan fingerprint density at radius 3 is 2.68 bits per heavy atom. The topological polar surface area (TPSA) is 41.4 Å². The number of aromatic nitrogens is 2. The number of pyridine rings is 2. The number of allylic oxidation sites excluding steroid dienone is 2. The Balaban J connectivity index is 1.30. The number of rotatable bonds is 6. The van der Waals surface area contributed by atoms with Crippen LogP contribution in [0.4, 0.5) is 5.82 Å². The van der Waals surface area contributed by atoms with E-state index in [1.54, 1.807) is 0 Å². The van der Waals surface area contributed by atoms with Gasteiger partial charge in [0.25, 0.3) is 0 Å². The lowest BCUT2D eigenvalue weighted by molar-refractivity contribution is 0.591. The first-order valence-corrected chi connectivity index (χ1v) is 12.8. The molecule has 1 saturated heterocycles. The maximum atomic E-state index is 6.33. The number of nitrogens with zero attached hydrogens (tertiary/aromatic N) is 4. The molecule has 1 fully saturated rings. The second kappa shape index (κ2) is 11.0. The van der Waals surface area contributed by atoms with Crippen molar-refractivity contribution in [3.05, 3.63) is 99.6 Å². The predicted molar refractivity (Wildman–Crippen MR) is 140 cm³/mol. The molecule has 4 nitrogen and oxygen atoms in total. The number of hydrogen-bond donors (Lipinski definition) is 0. The largest absolute Gasteiger partial charge is 0.357 e. The summed E-state index contributed by atoms with van der Waals surface area (Å²) in [5.74, 6) is 1.53. The highest BCUT2D eigenvalue weighted by Crippen LogP contribution is 2.27. The fourth-order valence-corrected chi connectivity index (χ4v) is 5.31. The minimum absolute atomic E-state index is 0.455. The summed E-state index contributed by atoms with van der Waals surface area (Å²) in [6.07, 6.45) is 15.7.